The van der Waals surface area contributed by atoms with Gasteiger partial charge in [0, 0.05) is 12.6 Å². The number of sulfonamides is 1. The summed E-state index contributed by atoms with van der Waals surface area (Å²) >= 11 is 0. The average molecular weight is 345 g/mol. The maximum absolute atomic E-state index is 12.4. The zero-order valence-corrected chi connectivity index (χ0v) is 14.7. The van der Waals surface area contributed by atoms with Crippen LogP contribution in [0.25, 0.3) is 0 Å². The van der Waals surface area contributed by atoms with Crippen LogP contribution in [0.1, 0.15) is 32.1 Å². The highest BCUT2D eigenvalue weighted by molar-refractivity contribution is 7.88. The molecule has 1 N–H and O–H groups in total. The number of carbonyl (C=O) groups is 1. The predicted molar refractivity (Wildman–Crippen MR) is 86.5 cm³/mol. The fraction of sp³-hybridized carbons (Fsp3) is 0.933. The molecule has 1 amide bonds. The van der Waals surface area contributed by atoms with Crippen LogP contribution in [0.4, 0.5) is 0 Å². The van der Waals surface area contributed by atoms with Crippen LogP contribution in [0.15, 0.2) is 0 Å². The van der Waals surface area contributed by atoms with Gasteiger partial charge < -0.3 is 15.0 Å². The molecule has 7 nitrogen and oxygen atoms in total. The van der Waals surface area contributed by atoms with E-state index in [2.05, 4.69) is 17.3 Å². The summed E-state index contributed by atoms with van der Waals surface area (Å²) in [5.74, 6) is -0.0317. The standard InChI is InChI=1S/C15H27N3O4S/c1-17-8-5-11(6-9-17)16-15(19)14-4-3-12-13(22-14)7-10-18(12)23(2,20)21/h11-14H,3-10H2,1-2H3,(H,16,19)/t12-,13-,14+/m1/s1. The number of piperidine rings is 1. The first-order chi connectivity index (χ1) is 10.8. The highest BCUT2D eigenvalue weighted by Crippen LogP contribution is 2.33. The van der Waals surface area contributed by atoms with Crippen LogP contribution in [0.3, 0.4) is 0 Å². The molecule has 3 rings (SSSR count). The van der Waals surface area contributed by atoms with E-state index in [-0.39, 0.29) is 24.1 Å². The Morgan fingerprint density at radius 3 is 2.43 bits per heavy atom. The van der Waals surface area contributed by atoms with Gasteiger partial charge in [-0.05, 0) is 52.2 Å². The molecule has 0 aromatic carbocycles. The van der Waals surface area contributed by atoms with Gasteiger partial charge in [-0.1, -0.05) is 0 Å². The molecule has 3 atom stereocenters. The monoisotopic (exact) mass is 345 g/mol. The fourth-order valence-electron chi connectivity index (χ4n) is 3.94. The van der Waals surface area contributed by atoms with Crippen molar-refractivity contribution in [3.8, 4) is 0 Å². The van der Waals surface area contributed by atoms with Crippen molar-refractivity contribution in [3.63, 3.8) is 0 Å². The van der Waals surface area contributed by atoms with E-state index in [1.807, 2.05) is 0 Å². The van der Waals surface area contributed by atoms with E-state index in [1.165, 1.54) is 10.6 Å². The molecule has 0 aromatic heterocycles. The Morgan fingerprint density at radius 2 is 1.78 bits per heavy atom. The summed E-state index contributed by atoms with van der Waals surface area (Å²) < 4.78 is 31.0. The third kappa shape index (κ3) is 3.87. The maximum Gasteiger partial charge on any atom is 0.249 e. The Bertz CT molecular complexity index is 545. The Balaban J connectivity index is 1.53. The molecule has 0 aliphatic carbocycles. The van der Waals surface area contributed by atoms with E-state index in [4.69, 9.17) is 4.74 Å². The number of ether oxygens (including phenoxy) is 1. The van der Waals surface area contributed by atoms with Crippen LogP contribution in [-0.4, -0.2) is 80.8 Å². The van der Waals surface area contributed by atoms with Gasteiger partial charge in [0.25, 0.3) is 0 Å². The molecule has 3 aliphatic rings. The van der Waals surface area contributed by atoms with Crippen LogP contribution < -0.4 is 5.32 Å². The lowest BCUT2D eigenvalue weighted by atomic mass is 9.98. The Kier molecular flexibility index (Phi) is 4.96. The average Bonchev–Trinajstić information content (AvgIpc) is 2.92. The Labute approximate surface area is 138 Å². The van der Waals surface area contributed by atoms with Crippen molar-refractivity contribution in [2.75, 3.05) is 32.9 Å². The Morgan fingerprint density at radius 1 is 1.09 bits per heavy atom. The summed E-state index contributed by atoms with van der Waals surface area (Å²) in [6.45, 7) is 2.51. The van der Waals surface area contributed by atoms with E-state index in [0.29, 0.717) is 25.8 Å². The molecular formula is C15H27N3O4S. The van der Waals surface area contributed by atoms with Gasteiger partial charge in [0.2, 0.25) is 15.9 Å². The van der Waals surface area contributed by atoms with Crippen molar-refractivity contribution in [2.24, 2.45) is 0 Å². The SMILES string of the molecule is CN1CCC(NC(=O)[C@@H]2CC[C@@H]3[C@@H](CCN3S(C)(=O)=O)O2)CC1. The smallest absolute Gasteiger partial charge is 0.249 e. The number of nitrogens with zero attached hydrogens (tertiary/aromatic N) is 2. The molecule has 0 unspecified atom stereocenters. The fourth-order valence-corrected chi connectivity index (χ4v) is 5.11. The second-order valence-corrected chi connectivity index (χ2v) is 8.99. The number of hydrogen-bond donors (Lipinski definition) is 1. The molecule has 23 heavy (non-hydrogen) atoms. The topological polar surface area (TPSA) is 79.0 Å². The molecule has 3 saturated heterocycles. The molecule has 0 spiro atoms. The number of amides is 1. The van der Waals surface area contributed by atoms with Crippen LogP contribution >= 0.6 is 0 Å². The van der Waals surface area contributed by atoms with Crippen LogP contribution in [0.5, 0.6) is 0 Å². The quantitative estimate of drug-likeness (QED) is 0.765. The van der Waals surface area contributed by atoms with Gasteiger partial charge in [0.15, 0.2) is 0 Å². The van der Waals surface area contributed by atoms with Gasteiger partial charge in [-0.3, -0.25) is 4.79 Å². The first-order valence-electron chi connectivity index (χ1n) is 8.46. The third-order valence-electron chi connectivity index (χ3n) is 5.28. The van der Waals surface area contributed by atoms with Crippen LogP contribution in [-0.2, 0) is 19.6 Å². The van der Waals surface area contributed by atoms with Crippen molar-refractivity contribution in [2.45, 2.75) is 56.4 Å². The van der Waals surface area contributed by atoms with Crippen LogP contribution in [0.2, 0.25) is 0 Å². The van der Waals surface area contributed by atoms with Crippen molar-refractivity contribution >= 4 is 15.9 Å². The van der Waals surface area contributed by atoms with Crippen molar-refractivity contribution < 1.29 is 17.9 Å². The van der Waals surface area contributed by atoms with Crippen LogP contribution in [0, 0.1) is 0 Å². The van der Waals surface area contributed by atoms with Gasteiger partial charge in [-0.2, -0.15) is 4.31 Å². The molecule has 3 heterocycles. The molecule has 132 valence electrons. The molecule has 0 aromatic rings. The molecule has 0 radical (unpaired) electrons. The lowest BCUT2D eigenvalue weighted by Gasteiger charge is -2.36. The summed E-state index contributed by atoms with van der Waals surface area (Å²) in [4.78, 5) is 14.7. The molecular weight excluding hydrogens is 318 g/mol. The summed E-state index contributed by atoms with van der Waals surface area (Å²) in [5, 5.41) is 3.11. The highest BCUT2D eigenvalue weighted by atomic mass is 32.2. The van der Waals surface area contributed by atoms with Gasteiger partial charge in [-0.25, -0.2) is 8.42 Å². The van der Waals surface area contributed by atoms with Crippen molar-refractivity contribution in [1.82, 2.24) is 14.5 Å². The Hall–Kier alpha value is -0.700. The molecule has 3 fully saturated rings. The van der Waals surface area contributed by atoms with Gasteiger partial charge >= 0.3 is 0 Å². The summed E-state index contributed by atoms with van der Waals surface area (Å²) in [7, 11) is -1.10. The maximum atomic E-state index is 12.4. The van der Waals surface area contributed by atoms with E-state index in [9.17, 15) is 13.2 Å². The minimum Gasteiger partial charge on any atom is -0.363 e. The molecule has 3 aliphatic heterocycles. The largest absolute Gasteiger partial charge is 0.363 e. The second kappa shape index (κ2) is 6.66. The first kappa shape index (κ1) is 17.1. The summed E-state index contributed by atoms with van der Waals surface area (Å²) in [5.41, 5.74) is 0. The molecule has 8 heteroatoms. The van der Waals surface area contributed by atoms with Gasteiger partial charge in [-0.15, -0.1) is 0 Å². The predicted octanol–water partition coefficient (Wildman–Crippen LogP) is -0.222. The zero-order valence-electron chi connectivity index (χ0n) is 13.9. The molecule has 0 bridgehead atoms. The number of hydrogen-bond acceptors (Lipinski definition) is 5. The number of likely N-dealkylation sites (tertiary alicyclic amines) is 1. The molecule has 0 saturated carbocycles. The minimum atomic E-state index is -3.19. The number of carbonyl (C=O) groups excluding carboxylic acids is 1. The summed E-state index contributed by atoms with van der Waals surface area (Å²) in [6, 6.07) is 0.133. The highest BCUT2D eigenvalue weighted by Gasteiger charge is 2.45. The van der Waals surface area contributed by atoms with Crippen molar-refractivity contribution in [3.05, 3.63) is 0 Å². The minimum absolute atomic E-state index is 0.0317. The van der Waals surface area contributed by atoms with Gasteiger partial charge in [0.1, 0.15) is 6.10 Å². The van der Waals surface area contributed by atoms with E-state index >= 15 is 0 Å². The van der Waals surface area contributed by atoms with Gasteiger partial charge in [0.05, 0.1) is 18.4 Å². The second-order valence-electron chi connectivity index (χ2n) is 7.06. The van der Waals surface area contributed by atoms with Crippen molar-refractivity contribution in [1.29, 1.82) is 0 Å². The first-order valence-corrected chi connectivity index (χ1v) is 10.3. The lowest BCUT2D eigenvalue weighted by molar-refractivity contribution is -0.143. The normalized spacial score (nSPS) is 34.3. The number of rotatable bonds is 3. The lowest BCUT2D eigenvalue weighted by Crippen LogP contribution is -2.51. The van der Waals surface area contributed by atoms with E-state index in [1.54, 1.807) is 0 Å². The van der Waals surface area contributed by atoms with E-state index in [0.717, 1.165) is 25.9 Å². The summed E-state index contributed by atoms with van der Waals surface area (Å²) in [6.07, 6.45) is 4.58. The van der Waals surface area contributed by atoms with E-state index < -0.39 is 16.1 Å². The third-order valence-corrected chi connectivity index (χ3v) is 6.59. The number of nitrogens with one attached hydrogen (secondary N) is 1. The zero-order chi connectivity index (χ0) is 16.6. The number of fused-ring (bicyclic) bond motifs is 1.